The Morgan fingerprint density at radius 1 is 1.36 bits per heavy atom. The van der Waals surface area contributed by atoms with Crippen molar-refractivity contribution in [2.45, 2.75) is 13.0 Å². The lowest BCUT2D eigenvalue weighted by Crippen LogP contribution is -2.23. The molecule has 0 fully saturated rings. The summed E-state index contributed by atoms with van der Waals surface area (Å²) in [4.78, 5) is 36.0. The molecule has 0 bridgehead atoms. The second-order valence-electron chi connectivity index (χ2n) is 5.46. The first-order valence-corrected chi connectivity index (χ1v) is 9.20. The number of hydrogen-bond donors (Lipinski definition) is 1. The van der Waals surface area contributed by atoms with Crippen molar-refractivity contribution in [2.24, 2.45) is 0 Å². The van der Waals surface area contributed by atoms with E-state index in [2.05, 4.69) is 10.4 Å². The molecule has 28 heavy (non-hydrogen) atoms. The molecule has 0 saturated carbocycles. The van der Waals surface area contributed by atoms with E-state index in [1.165, 1.54) is 23.5 Å². The van der Waals surface area contributed by atoms with E-state index in [9.17, 15) is 18.8 Å². The summed E-state index contributed by atoms with van der Waals surface area (Å²) in [5.41, 5.74) is -0.121. The first-order valence-electron chi connectivity index (χ1n) is 7.95. The minimum atomic E-state index is -0.729. The largest absolute Gasteiger partial charge is 0.456 e. The van der Waals surface area contributed by atoms with E-state index in [0.29, 0.717) is 4.88 Å². The number of nitrogens with one attached hydrogen (secondary N) is 1. The fourth-order valence-electron chi connectivity index (χ4n) is 2.14. The van der Waals surface area contributed by atoms with Crippen LogP contribution in [0.15, 0.2) is 44.9 Å². The molecule has 2 heterocycles. The molecule has 0 aliphatic rings. The lowest BCUT2D eigenvalue weighted by atomic mass is 10.3. The minimum absolute atomic E-state index is 0.0723. The number of nitrogens with zero attached hydrogens (tertiary/aromatic N) is 2. The summed E-state index contributed by atoms with van der Waals surface area (Å²) in [6.45, 7) is -0.684. The Labute approximate surface area is 166 Å². The Morgan fingerprint density at radius 2 is 2.18 bits per heavy atom. The number of benzene rings is 1. The zero-order valence-electron chi connectivity index (χ0n) is 14.2. The van der Waals surface area contributed by atoms with Gasteiger partial charge in [0, 0.05) is 5.02 Å². The molecule has 0 atom stereocenters. The topological polar surface area (TPSA) is 103 Å². The van der Waals surface area contributed by atoms with Gasteiger partial charge in [-0.1, -0.05) is 17.7 Å². The molecule has 1 N–H and O–H groups in total. The predicted molar refractivity (Wildman–Crippen MR) is 99.7 cm³/mol. The van der Waals surface area contributed by atoms with Gasteiger partial charge in [0.05, 0.1) is 23.5 Å². The molecule has 0 spiro atoms. The van der Waals surface area contributed by atoms with Crippen molar-refractivity contribution < 1.29 is 23.1 Å². The van der Waals surface area contributed by atoms with E-state index < -0.39 is 30.1 Å². The lowest BCUT2D eigenvalue weighted by Gasteiger charge is -2.07. The number of anilines is 1. The Kier molecular flexibility index (Phi) is 6.22. The average molecular weight is 426 g/mol. The van der Waals surface area contributed by atoms with Crippen LogP contribution in [-0.4, -0.2) is 28.3 Å². The van der Waals surface area contributed by atoms with E-state index in [4.69, 9.17) is 20.8 Å². The van der Waals surface area contributed by atoms with Gasteiger partial charge in [0.15, 0.2) is 6.61 Å². The van der Waals surface area contributed by atoms with Crippen LogP contribution in [0.1, 0.15) is 6.42 Å². The van der Waals surface area contributed by atoms with Crippen molar-refractivity contribution in [1.29, 1.82) is 0 Å². The van der Waals surface area contributed by atoms with E-state index >= 15 is 0 Å². The zero-order valence-corrected chi connectivity index (χ0v) is 15.8. The van der Waals surface area contributed by atoms with Gasteiger partial charge in [0.25, 0.3) is 11.8 Å². The molecule has 0 saturated heterocycles. The Hall–Kier alpha value is -2.98. The number of aromatic nitrogens is 2. The number of rotatable bonds is 7. The molecule has 3 rings (SSSR count). The third kappa shape index (κ3) is 5.05. The number of ether oxygens (including phenoxy) is 1. The van der Waals surface area contributed by atoms with Gasteiger partial charge >= 0.3 is 11.7 Å². The van der Waals surface area contributed by atoms with Gasteiger partial charge in [0.1, 0.15) is 5.82 Å². The summed E-state index contributed by atoms with van der Waals surface area (Å²) in [5.74, 6) is -2.67. The molecule has 0 unspecified atom stereocenters. The van der Waals surface area contributed by atoms with Gasteiger partial charge in [-0.15, -0.1) is 16.4 Å². The van der Waals surface area contributed by atoms with Gasteiger partial charge in [-0.3, -0.25) is 9.59 Å². The number of halogens is 2. The maximum absolute atomic E-state index is 13.6. The van der Waals surface area contributed by atoms with Gasteiger partial charge in [-0.05, 0) is 29.6 Å². The van der Waals surface area contributed by atoms with E-state index in [-0.39, 0.29) is 29.6 Å². The molecule has 146 valence electrons. The van der Waals surface area contributed by atoms with Crippen molar-refractivity contribution >= 4 is 40.5 Å². The molecule has 11 heteroatoms. The highest BCUT2D eigenvalue weighted by Crippen LogP contribution is 2.21. The normalized spacial score (nSPS) is 10.6. The average Bonchev–Trinajstić information content (AvgIpc) is 3.31. The van der Waals surface area contributed by atoms with Crippen LogP contribution < -0.4 is 11.1 Å². The number of thiophene rings is 1. The number of esters is 1. The summed E-state index contributed by atoms with van der Waals surface area (Å²) in [6.07, 6.45) is -0.199. The third-order valence-electron chi connectivity index (χ3n) is 3.43. The van der Waals surface area contributed by atoms with Crippen molar-refractivity contribution in [3.05, 3.63) is 57.1 Å². The summed E-state index contributed by atoms with van der Waals surface area (Å²) >= 11 is 7.09. The minimum Gasteiger partial charge on any atom is -0.456 e. The molecule has 2 aromatic heterocycles. The maximum Gasteiger partial charge on any atom is 0.437 e. The Morgan fingerprint density at radius 3 is 2.93 bits per heavy atom. The highest BCUT2D eigenvalue weighted by Gasteiger charge is 2.14. The van der Waals surface area contributed by atoms with Crippen LogP contribution in [0.3, 0.4) is 0 Å². The van der Waals surface area contributed by atoms with Gasteiger partial charge in [-0.2, -0.15) is 4.68 Å². The highest BCUT2D eigenvalue weighted by molar-refractivity contribution is 7.13. The quantitative estimate of drug-likeness (QED) is 0.584. The fraction of sp³-hybridized carbons (Fsp3) is 0.176. The lowest BCUT2D eigenvalue weighted by molar-refractivity contribution is -0.147. The summed E-state index contributed by atoms with van der Waals surface area (Å²) in [6, 6.07) is 7.21. The van der Waals surface area contributed by atoms with Crippen molar-refractivity contribution in [1.82, 2.24) is 9.78 Å². The van der Waals surface area contributed by atoms with Crippen LogP contribution in [0.2, 0.25) is 5.02 Å². The van der Waals surface area contributed by atoms with Crippen molar-refractivity contribution in [3.8, 4) is 10.8 Å². The first-order chi connectivity index (χ1) is 13.4. The van der Waals surface area contributed by atoms with E-state index in [0.717, 1.165) is 10.7 Å². The van der Waals surface area contributed by atoms with E-state index in [1.807, 2.05) is 5.38 Å². The predicted octanol–water partition coefficient (Wildman–Crippen LogP) is 2.93. The van der Waals surface area contributed by atoms with Gasteiger partial charge in [-0.25, -0.2) is 9.18 Å². The monoisotopic (exact) mass is 425 g/mol. The molecule has 0 aliphatic heterocycles. The number of carbonyl (C=O) groups excluding carboxylic acids is 2. The zero-order chi connectivity index (χ0) is 20.1. The number of carbonyl (C=O) groups is 2. The summed E-state index contributed by atoms with van der Waals surface area (Å²) in [7, 11) is 0. The smallest absolute Gasteiger partial charge is 0.437 e. The van der Waals surface area contributed by atoms with Crippen LogP contribution in [-0.2, 0) is 20.9 Å². The molecule has 8 nitrogen and oxygen atoms in total. The summed E-state index contributed by atoms with van der Waals surface area (Å²) in [5, 5.41) is 8.31. The molecule has 0 aliphatic carbocycles. The van der Waals surface area contributed by atoms with Crippen molar-refractivity contribution in [3.63, 3.8) is 0 Å². The SMILES string of the molecule is O=C(COC(=O)CCn1nc(-c2cccs2)oc1=O)Nc1cc(Cl)ccc1F. The third-order valence-corrected chi connectivity index (χ3v) is 4.53. The molecule has 3 aromatic rings. The second kappa shape index (κ2) is 8.81. The van der Waals surface area contributed by atoms with E-state index in [1.54, 1.807) is 12.1 Å². The van der Waals surface area contributed by atoms with Gasteiger partial charge < -0.3 is 14.5 Å². The van der Waals surface area contributed by atoms with Crippen LogP contribution in [0.5, 0.6) is 0 Å². The molecular weight excluding hydrogens is 413 g/mol. The van der Waals surface area contributed by atoms with Gasteiger partial charge in [0.2, 0.25) is 0 Å². The first kappa shape index (κ1) is 19.8. The number of amides is 1. The van der Waals surface area contributed by atoms with Crippen LogP contribution >= 0.6 is 22.9 Å². The molecule has 0 radical (unpaired) electrons. The number of aryl methyl sites for hydroxylation is 1. The molecule has 1 aromatic carbocycles. The maximum atomic E-state index is 13.6. The fourth-order valence-corrected chi connectivity index (χ4v) is 2.96. The van der Waals surface area contributed by atoms with Crippen LogP contribution in [0.4, 0.5) is 10.1 Å². The standard InChI is InChI=1S/C17H13ClFN3O5S/c18-10-3-4-11(19)12(8-10)20-14(23)9-26-15(24)5-6-22-17(25)27-16(21-22)13-2-1-7-28-13/h1-4,7-8H,5-6,9H2,(H,20,23). The Bertz CT molecular complexity index is 1050. The molecule has 1 amide bonds. The molecular formula is C17H13ClFN3O5S. The summed E-state index contributed by atoms with van der Waals surface area (Å²) < 4.78 is 24.4. The second-order valence-corrected chi connectivity index (χ2v) is 6.84. The highest BCUT2D eigenvalue weighted by atomic mass is 35.5. The van der Waals surface area contributed by atoms with Crippen LogP contribution in [0.25, 0.3) is 10.8 Å². The van der Waals surface area contributed by atoms with Crippen LogP contribution in [0, 0.1) is 5.82 Å². The Balaban J connectivity index is 1.48. The number of hydrogen-bond acceptors (Lipinski definition) is 7. The van der Waals surface area contributed by atoms with Crippen molar-refractivity contribution in [2.75, 3.05) is 11.9 Å².